The molecule has 6 amide bonds. The van der Waals surface area contributed by atoms with Gasteiger partial charge in [0.05, 0.1) is 43.7 Å². The van der Waals surface area contributed by atoms with Gasteiger partial charge >= 0.3 is 11.8 Å². The number of aliphatic hydroxyl groups is 2. The summed E-state index contributed by atoms with van der Waals surface area (Å²) < 4.78 is 20.4. The molecular weight excluding hydrogens is 1220 g/mol. The number of phenolic OH excluding ortho intramolecular Hbond substituents is 1. The molecule has 0 saturated carbocycles. The second kappa shape index (κ2) is 36.2. The van der Waals surface area contributed by atoms with Crippen molar-refractivity contribution in [2.45, 2.75) is 180 Å². The summed E-state index contributed by atoms with van der Waals surface area (Å²) in [5.41, 5.74) is 0.596. The summed E-state index contributed by atoms with van der Waals surface area (Å²) in [6, 6.07) is 32.4. The summed E-state index contributed by atoms with van der Waals surface area (Å²) in [6.07, 6.45) is -1.44. The Kier molecular flexibility index (Phi) is 28.9. The van der Waals surface area contributed by atoms with Crippen LogP contribution in [-0.4, -0.2) is 142 Å². The highest BCUT2D eigenvalue weighted by Gasteiger charge is 2.51. The number of thioether (sulfide) groups is 1. The zero-order chi connectivity index (χ0) is 67.8. The van der Waals surface area contributed by atoms with E-state index in [2.05, 4.69) is 112 Å². The fourth-order valence-corrected chi connectivity index (χ4v) is 16.8. The minimum Gasteiger partial charge on any atom is -0.508 e. The highest BCUT2D eigenvalue weighted by atomic mass is 32.2. The standard InChI is InChI=1S/C69H97N9O13SSi/c1-44(2)36-53(56(80)39-59(82)71-34-21-20-33-70-58-32-35-78(67(87)76-58)61-43-92-62(91-61)42-90-93(69(8,9)10,51-24-16-12-17-25-51)52-26-18-13-19-27-52)73-64(84)47(7)72-60(83)40-57(81)54(37-45(3)4)74-66(86)63(46(5)6)77-65(85)55(38-48-28-30-50(79)31-29-48)75-68(88)89-41-49-22-14-11-15-23-49/h11-19,22-32,35,44-47,53-57,61-63,79-81H,20-21,33-34,36-43H2,1-10H3,(H,71,82)(H,72,83)(H,73,84)(H,74,86)(H,75,88)(H,77,85)(H,70,76,87)/t47-,53?,54?,55-,56-,57-,61+,62-,63-/m0/s1. The Bertz CT molecular complexity index is 3190. The van der Waals surface area contributed by atoms with E-state index in [-0.39, 0.29) is 53.9 Å². The van der Waals surface area contributed by atoms with E-state index in [1.54, 1.807) is 74.3 Å². The molecule has 1 aromatic heterocycles. The van der Waals surface area contributed by atoms with E-state index >= 15 is 0 Å². The Labute approximate surface area is 552 Å². The van der Waals surface area contributed by atoms with Gasteiger partial charge in [-0.25, -0.2) is 9.59 Å². The molecule has 24 heteroatoms. The molecule has 6 rings (SSSR count). The number of carbonyl (C=O) groups is 6. The molecule has 2 heterocycles. The van der Waals surface area contributed by atoms with Gasteiger partial charge in [0.15, 0.2) is 0 Å². The van der Waals surface area contributed by atoms with Crippen LogP contribution >= 0.6 is 11.8 Å². The van der Waals surface area contributed by atoms with Gasteiger partial charge in [-0.1, -0.05) is 165 Å². The molecule has 22 nitrogen and oxygen atoms in total. The molecule has 93 heavy (non-hydrogen) atoms. The van der Waals surface area contributed by atoms with Gasteiger partial charge in [0.1, 0.15) is 48.0 Å². The number of alkyl carbamates (subject to hydrolysis) is 1. The number of phenols is 1. The summed E-state index contributed by atoms with van der Waals surface area (Å²) in [4.78, 5) is 98.7. The number of anilines is 1. The van der Waals surface area contributed by atoms with E-state index in [9.17, 15) is 48.9 Å². The Morgan fingerprint density at radius 2 is 1.24 bits per heavy atom. The highest BCUT2D eigenvalue weighted by molar-refractivity contribution is 8.00. The number of aromatic hydroxyl groups is 1. The molecule has 0 aliphatic carbocycles. The summed E-state index contributed by atoms with van der Waals surface area (Å²) in [5, 5.41) is 54.4. The van der Waals surface area contributed by atoms with Crippen LogP contribution in [0.25, 0.3) is 0 Å². The van der Waals surface area contributed by atoms with Crippen LogP contribution in [0.3, 0.4) is 0 Å². The lowest BCUT2D eigenvalue weighted by atomic mass is 9.95. The largest absolute Gasteiger partial charge is 0.508 e. The van der Waals surface area contributed by atoms with Crippen molar-refractivity contribution in [3.05, 3.63) is 149 Å². The van der Waals surface area contributed by atoms with Crippen molar-refractivity contribution in [2.75, 3.05) is 30.8 Å². The van der Waals surface area contributed by atoms with Crippen molar-refractivity contribution < 1.29 is 58.0 Å². The Balaban J connectivity index is 0.925. The molecule has 5 aromatic rings. The van der Waals surface area contributed by atoms with E-state index in [4.69, 9.17) is 13.9 Å². The van der Waals surface area contributed by atoms with Crippen LogP contribution in [0.4, 0.5) is 10.6 Å². The lowest BCUT2D eigenvalue weighted by Crippen LogP contribution is -2.67. The lowest BCUT2D eigenvalue weighted by molar-refractivity contribution is -0.133. The summed E-state index contributed by atoms with van der Waals surface area (Å²) >= 11 is 1.61. The van der Waals surface area contributed by atoms with Crippen molar-refractivity contribution in [3.8, 4) is 5.75 Å². The molecular formula is C69H97N9O13SSi. The molecule has 506 valence electrons. The number of nitrogens with one attached hydrogen (secondary N) is 7. The maximum Gasteiger partial charge on any atom is 0.408 e. The number of aliphatic hydroxyl groups excluding tert-OH is 2. The smallest absolute Gasteiger partial charge is 0.408 e. The van der Waals surface area contributed by atoms with E-state index in [1.807, 2.05) is 45.9 Å². The molecule has 0 radical (unpaired) electrons. The van der Waals surface area contributed by atoms with Crippen LogP contribution in [0.2, 0.25) is 5.04 Å². The Hall–Kier alpha value is -7.61. The number of aromatic nitrogens is 2. The van der Waals surface area contributed by atoms with Gasteiger partial charge in [-0.15, -0.1) is 11.8 Å². The maximum absolute atomic E-state index is 14.1. The quantitative estimate of drug-likeness (QED) is 0.0160. The number of unbranched alkanes of at least 4 members (excludes halogenated alkanes) is 1. The van der Waals surface area contributed by atoms with Gasteiger partial charge in [0.25, 0.3) is 8.32 Å². The third-order valence-electron chi connectivity index (χ3n) is 16.0. The molecule has 10 N–H and O–H groups in total. The maximum atomic E-state index is 14.1. The van der Waals surface area contributed by atoms with Gasteiger partial charge in [-0.05, 0) is 95.1 Å². The fourth-order valence-electron chi connectivity index (χ4n) is 11.2. The minimum absolute atomic E-state index is 0.00588. The van der Waals surface area contributed by atoms with Crippen molar-refractivity contribution in [2.24, 2.45) is 17.8 Å². The van der Waals surface area contributed by atoms with E-state index in [0.29, 0.717) is 56.1 Å². The summed E-state index contributed by atoms with van der Waals surface area (Å²) in [7, 11) is -2.78. The second-order valence-electron chi connectivity index (χ2n) is 26.0. The molecule has 1 fully saturated rings. The SMILES string of the molecule is CC(C)CC(NC(=O)[C@H](C)NC(=O)C[C@H](O)C(CC(C)C)NC(=O)[C@@H](NC(=O)[C@H](Cc1ccc(O)cc1)NC(=O)OCc1ccccc1)C(C)C)[C@@H](O)CC(=O)NCCCCNc1ccn([C@H]2CS[C@@H](CO[Si](c3ccccc3)(c3ccccc3)C(C)(C)C)O2)c(=O)n1. The Morgan fingerprint density at radius 1 is 0.677 bits per heavy atom. The first-order valence-corrected chi connectivity index (χ1v) is 35.1. The number of hydrogen-bond acceptors (Lipinski definition) is 16. The molecule has 0 spiro atoms. The van der Waals surface area contributed by atoms with Gasteiger partial charge in [-0.2, -0.15) is 4.98 Å². The van der Waals surface area contributed by atoms with Crippen molar-refractivity contribution in [1.82, 2.24) is 41.5 Å². The minimum atomic E-state index is -2.78. The van der Waals surface area contributed by atoms with E-state index in [1.165, 1.54) is 34.0 Å². The van der Waals surface area contributed by atoms with Crippen molar-refractivity contribution in [3.63, 3.8) is 0 Å². The van der Waals surface area contributed by atoms with Gasteiger partial charge in [-0.3, -0.25) is 28.5 Å². The molecule has 4 aromatic carbocycles. The first kappa shape index (κ1) is 74.4. The normalized spacial score (nSPS) is 16.5. The van der Waals surface area contributed by atoms with Crippen LogP contribution in [-0.2, 0) is 50.9 Å². The van der Waals surface area contributed by atoms with Crippen LogP contribution in [0.5, 0.6) is 5.75 Å². The Morgan fingerprint density at radius 3 is 1.80 bits per heavy atom. The molecule has 1 aliphatic heterocycles. The first-order valence-electron chi connectivity index (χ1n) is 32.2. The van der Waals surface area contributed by atoms with Gasteiger partial charge < -0.3 is 66.4 Å². The van der Waals surface area contributed by atoms with Crippen LogP contribution in [0.1, 0.15) is 125 Å². The predicted octanol–water partition coefficient (Wildman–Crippen LogP) is 6.17. The molecule has 2 unspecified atom stereocenters. The first-order chi connectivity index (χ1) is 44.2. The van der Waals surface area contributed by atoms with Crippen LogP contribution in [0.15, 0.2) is 132 Å². The lowest BCUT2D eigenvalue weighted by Gasteiger charge is -2.43. The third kappa shape index (κ3) is 23.1. The number of ether oxygens (including phenoxy) is 2. The second-order valence-corrected chi connectivity index (χ2v) is 31.5. The number of hydrogen-bond donors (Lipinski definition) is 10. The fraction of sp³-hybridized carbons (Fsp3) is 0.507. The van der Waals surface area contributed by atoms with Crippen LogP contribution < -0.4 is 53.3 Å². The van der Waals surface area contributed by atoms with Crippen molar-refractivity contribution >= 4 is 71.9 Å². The van der Waals surface area contributed by atoms with Gasteiger partial charge in [0, 0.05) is 31.5 Å². The topological polar surface area (TPSA) is 310 Å². The number of amides is 6. The molecule has 0 bridgehead atoms. The number of benzene rings is 4. The van der Waals surface area contributed by atoms with E-state index in [0.717, 1.165) is 5.56 Å². The van der Waals surface area contributed by atoms with E-state index < -0.39 is 111 Å². The molecule has 1 aliphatic rings. The zero-order valence-corrected chi connectivity index (χ0v) is 57.1. The number of nitrogens with zero attached hydrogens (tertiary/aromatic N) is 2. The average Bonchev–Trinajstić information content (AvgIpc) is 0.976. The van der Waals surface area contributed by atoms with Crippen LogP contribution in [0, 0.1) is 17.8 Å². The molecule has 1 saturated heterocycles. The highest BCUT2D eigenvalue weighted by Crippen LogP contribution is 2.39. The average molecular weight is 1320 g/mol. The zero-order valence-electron chi connectivity index (χ0n) is 55.3. The molecule has 9 atom stereocenters. The summed E-state index contributed by atoms with van der Waals surface area (Å²) in [5.74, 6) is -2.63. The van der Waals surface area contributed by atoms with Crippen molar-refractivity contribution in [1.29, 1.82) is 0 Å². The monoisotopic (exact) mass is 1320 g/mol. The summed E-state index contributed by atoms with van der Waals surface area (Å²) in [6.45, 7) is 20.2. The predicted molar refractivity (Wildman–Crippen MR) is 363 cm³/mol. The number of rotatable bonds is 35. The number of carbonyl (C=O) groups excluding carboxylic acids is 6. The van der Waals surface area contributed by atoms with Gasteiger partial charge in [0.2, 0.25) is 29.5 Å². The third-order valence-corrected chi connectivity index (χ3v) is 22.1.